The van der Waals surface area contributed by atoms with Gasteiger partial charge in [-0.15, -0.1) is 0 Å². The molecule has 0 aliphatic heterocycles. The molecule has 1 amide bonds. The number of nitrogens with zero attached hydrogens (tertiary/aromatic N) is 1. The Hall–Kier alpha value is -2.17. The lowest BCUT2D eigenvalue weighted by Crippen LogP contribution is -2.45. The van der Waals surface area contributed by atoms with Gasteiger partial charge in [-0.05, 0) is 31.4 Å². The van der Waals surface area contributed by atoms with Gasteiger partial charge in [0.15, 0.2) is 0 Å². The van der Waals surface area contributed by atoms with Crippen molar-refractivity contribution in [2.45, 2.75) is 20.3 Å². The standard InChI is InChI=1S/C15H18N2O3/c1-9-6-10(2)13(15(19)20)12(7-9)14(18)17-11-4-3-5-16-8-11/h3-6,8,10,12-13H,7H2,1-2H3,(H,17,18)(H,19,20)/p-1/t10-,12+,13+/m0/s1. The van der Waals surface area contributed by atoms with Crippen LogP contribution in [0.3, 0.4) is 0 Å². The number of nitrogens with one attached hydrogen (secondary N) is 1. The molecule has 1 aliphatic carbocycles. The molecule has 106 valence electrons. The van der Waals surface area contributed by atoms with Crippen molar-refractivity contribution >= 4 is 17.6 Å². The van der Waals surface area contributed by atoms with E-state index in [4.69, 9.17) is 0 Å². The number of rotatable bonds is 3. The van der Waals surface area contributed by atoms with E-state index in [2.05, 4.69) is 10.3 Å². The smallest absolute Gasteiger partial charge is 0.228 e. The number of hydrogen-bond acceptors (Lipinski definition) is 4. The van der Waals surface area contributed by atoms with Crippen LogP contribution in [0.25, 0.3) is 0 Å². The van der Waals surface area contributed by atoms with Crippen LogP contribution in [0, 0.1) is 17.8 Å². The molecule has 0 saturated carbocycles. The Balaban J connectivity index is 2.18. The molecule has 3 atom stereocenters. The fourth-order valence-electron chi connectivity index (χ4n) is 2.77. The molecule has 1 aromatic rings. The molecule has 20 heavy (non-hydrogen) atoms. The zero-order valence-corrected chi connectivity index (χ0v) is 11.5. The second-order valence-electron chi connectivity index (χ2n) is 5.26. The quantitative estimate of drug-likeness (QED) is 0.832. The SMILES string of the molecule is CC1=C[C@H](C)[C@@H](C(=O)[O-])[C@H](C(=O)Nc2cccnc2)C1. The van der Waals surface area contributed by atoms with Crippen molar-refractivity contribution in [2.24, 2.45) is 17.8 Å². The molecule has 0 fully saturated rings. The van der Waals surface area contributed by atoms with E-state index in [-0.39, 0.29) is 11.8 Å². The number of anilines is 1. The number of aliphatic carboxylic acids is 1. The van der Waals surface area contributed by atoms with Crippen LogP contribution in [0.2, 0.25) is 0 Å². The Kier molecular flexibility index (Phi) is 4.17. The van der Waals surface area contributed by atoms with Gasteiger partial charge >= 0.3 is 0 Å². The molecule has 1 aromatic heterocycles. The molecular weight excluding hydrogens is 256 g/mol. The van der Waals surface area contributed by atoms with Crippen LogP contribution in [0.1, 0.15) is 20.3 Å². The molecule has 1 N–H and O–H groups in total. The predicted molar refractivity (Wildman–Crippen MR) is 72.4 cm³/mol. The average Bonchev–Trinajstić information content (AvgIpc) is 2.38. The number of pyridine rings is 1. The second-order valence-corrected chi connectivity index (χ2v) is 5.26. The third-order valence-electron chi connectivity index (χ3n) is 3.63. The lowest BCUT2D eigenvalue weighted by Gasteiger charge is -2.34. The second kappa shape index (κ2) is 5.86. The van der Waals surface area contributed by atoms with E-state index in [1.165, 1.54) is 6.20 Å². The first-order valence-corrected chi connectivity index (χ1v) is 6.58. The van der Waals surface area contributed by atoms with Crippen molar-refractivity contribution in [1.82, 2.24) is 4.98 Å². The van der Waals surface area contributed by atoms with Crippen molar-refractivity contribution in [3.63, 3.8) is 0 Å². The van der Waals surface area contributed by atoms with Gasteiger partial charge in [0.2, 0.25) is 5.91 Å². The van der Waals surface area contributed by atoms with Gasteiger partial charge in [0, 0.05) is 18.1 Å². The van der Waals surface area contributed by atoms with Gasteiger partial charge in [-0.3, -0.25) is 9.78 Å². The first-order chi connectivity index (χ1) is 9.49. The van der Waals surface area contributed by atoms with E-state index >= 15 is 0 Å². The minimum atomic E-state index is -1.17. The topological polar surface area (TPSA) is 82.1 Å². The van der Waals surface area contributed by atoms with E-state index in [1.807, 2.05) is 13.0 Å². The summed E-state index contributed by atoms with van der Waals surface area (Å²) in [6.45, 7) is 3.71. The van der Waals surface area contributed by atoms with Gasteiger partial charge in [0.25, 0.3) is 0 Å². The highest BCUT2D eigenvalue weighted by molar-refractivity contribution is 5.95. The highest BCUT2D eigenvalue weighted by Gasteiger charge is 2.35. The van der Waals surface area contributed by atoms with Crippen LogP contribution < -0.4 is 10.4 Å². The van der Waals surface area contributed by atoms with Crippen molar-refractivity contribution in [3.05, 3.63) is 36.2 Å². The summed E-state index contributed by atoms with van der Waals surface area (Å²) in [6.07, 6.45) is 5.47. The van der Waals surface area contributed by atoms with Crippen molar-refractivity contribution in [2.75, 3.05) is 5.32 Å². The fourth-order valence-corrected chi connectivity index (χ4v) is 2.77. The zero-order valence-electron chi connectivity index (χ0n) is 11.5. The molecular formula is C15H17N2O3-. The Bertz CT molecular complexity index is 539. The van der Waals surface area contributed by atoms with Gasteiger partial charge in [0.1, 0.15) is 0 Å². The molecule has 2 rings (SSSR count). The number of carbonyl (C=O) groups excluding carboxylic acids is 2. The third kappa shape index (κ3) is 3.04. The van der Waals surface area contributed by atoms with Gasteiger partial charge < -0.3 is 15.2 Å². The number of allylic oxidation sites excluding steroid dienone is 2. The minimum absolute atomic E-state index is 0.210. The number of amides is 1. The van der Waals surface area contributed by atoms with E-state index in [0.717, 1.165) is 5.57 Å². The number of hydrogen-bond donors (Lipinski definition) is 1. The molecule has 5 nitrogen and oxygen atoms in total. The van der Waals surface area contributed by atoms with Crippen LogP contribution in [-0.2, 0) is 9.59 Å². The first kappa shape index (κ1) is 14.2. The fraction of sp³-hybridized carbons (Fsp3) is 0.400. The summed E-state index contributed by atoms with van der Waals surface area (Å²) in [7, 11) is 0. The van der Waals surface area contributed by atoms with E-state index in [1.54, 1.807) is 25.3 Å². The highest BCUT2D eigenvalue weighted by Crippen LogP contribution is 2.34. The predicted octanol–water partition coefficient (Wildman–Crippen LogP) is 0.988. The summed E-state index contributed by atoms with van der Waals surface area (Å²) < 4.78 is 0. The number of aromatic nitrogens is 1. The Morgan fingerprint density at radius 3 is 2.80 bits per heavy atom. The van der Waals surface area contributed by atoms with Crippen molar-refractivity contribution < 1.29 is 14.7 Å². The Labute approximate surface area is 117 Å². The number of carboxylic acid groups (broad SMARTS) is 1. The maximum absolute atomic E-state index is 12.3. The zero-order chi connectivity index (χ0) is 14.7. The lowest BCUT2D eigenvalue weighted by molar-refractivity contribution is -0.314. The maximum Gasteiger partial charge on any atom is 0.228 e. The van der Waals surface area contributed by atoms with Crippen LogP contribution in [-0.4, -0.2) is 16.9 Å². The van der Waals surface area contributed by atoms with E-state index < -0.39 is 17.8 Å². The summed E-state index contributed by atoms with van der Waals surface area (Å²) in [5.41, 5.74) is 1.59. The molecule has 0 spiro atoms. The Morgan fingerprint density at radius 2 is 2.20 bits per heavy atom. The maximum atomic E-state index is 12.3. The average molecular weight is 273 g/mol. The largest absolute Gasteiger partial charge is 0.550 e. The normalized spacial score (nSPS) is 25.7. The molecule has 0 bridgehead atoms. The summed E-state index contributed by atoms with van der Waals surface area (Å²) in [6, 6.07) is 3.42. The monoisotopic (exact) mass is 273 g/mol. The summed E-state index contributed by atoms with van der Waals surface area (Å²) in [5.74, 6) is -3.09. The van der Waals surface area contributed by atoms with Crippen LogP contribution in [0.15, 0.2) is 36.2 Å². The van der Waals surface area contributed by atoms with E-state index in [9.17, 15) is 14.7 Å². The molecule has 1 heterocycles. The molecule has 1 aliphatic rings. The van der Waals surface area contributed by atoms with Gasteiger partial charge in [-0.1, -0.05) is 18.6 Å². The lowest BCUT2D eigenvalue weighted by atomic mass is 9.73. The molecule has 0 radical (unpaired) electrons. The number of carbonyl (C=O) groups is 2. The third-order valence-corrected chi connectivity index (χ3v) is 3.63. The summed E-state index contributed by atoms with van der Waals surface area (Å²) in [5, 5.41) is 14.0. The molecule has 0 saturated heterocycles. The summed E-state index contributed by atoms with van der Waals surface area (Å²) >= 11 is 0. The molecule has 5 heteroatoms. The summed E-state index contributed by atoms with van der Waals surface area (Å²) in [4.78, 5) is 27.5. The van der Waals surface area contributed by atoms with Gasteiger partial charge in [-0.2, -0.15) is 0 Å². The number of carboxylic acids is 1. The first-order valence-electron chi connectivity index (χ1n) is 6.58. The Morgan fingerprint density at radius 1 is 1.45 bits per heavy atom. The van der Waals surface area contributed by atoms with Crippen molar-refractivity contribution in [3.8, 4) is 0 Å². The van der Waals surface area contributed by atoms with E-state index in [0.29, 0.717) is 12.1 Å². The van der Waals surface area contributed by atoms with Gasteiger partial charge in [-0.25, -0.2) is 0 Å². The van der Waals surface area contributed by atoms with Gasteiger partial charge in [0.05, 0.1) is 17.8 Å². The van der Waals surface area contributed by atoms with Crippen LogP contribution in [0.4, 0.5) is 5.69 Å². The van der Waals surface area contributed by atoms with Crippen molar-refractivity contribution in [1.29, 1.82) is 0 Å². The van der Waals surface area contributed by atoms with Crippen LogP contribution >= 0.6 is 0 Å². The molecule has 0 unspecified atom stereocenters. The van der Waals surface area contributed by atoms with Crippen LogP contribution in [0.5, 0.6) is 0 Å². The minimum Gasteiger partial charge on any atom is -0.550 e. The molecule has 0 aromatic carbocycles. The highest BCUT2D eigenvalue weighted by atomic mass is 16.4.